The maximum Gasteiger partial charge on any atom is 0.360 e. The van der Waals surface area contributed by atoms with Gasteiger partial charge in [0.1, 0.15) is 12.3 Å². The summed E-state index contributed by atoms with van der Waals surface area (Å²) in [5.74, 6) is -0.414. The summed E-state index contributed by atoms with van der Waals surface area (Å²) in [6.07, 6.45) is 1.49. The van der Waals surface area contributed by atoms with Crippen molar-refractivity contribution in [1.29, 1.82) is 0 Å². The van der Waals surface area contributed by atoms with E-state index in [1.807, 2.05) is 30.3 Å². The molecule has 27 heavy (non-hydrogen) atoms. The second-order valence-electron chi connectivity index (χ2n) is 5.66. The van der Waals surface area contributed by atoms with Gasteiger partial charge >= 0.3 is 5.97 Å². The van der Waals surface area contributed by atoms with Gasteiger partial charge in [-0.25, -0.2) is 9.78 Å². The van der Waals surface area contributed by atoms with Gasteiger partial charge < -0.3 is 19.2 Å². The van der Waals surface area contributed by atoms with Gasteiger partial charge in [0.2, 0.25) is 5.91 Å². The molecule has 0 aliphatic carbocycles. The van der Waals surface area contributed by atoms with E-state index >= 15 is 0 Å². The lowest BCUT2D eigenvalue weighted by Gasteiger charge is -2.16. The van der Waals surface area contributed by atoms with Crippen LogP contribution >= 0.6 is 0 Å². The van der Waals surface area contributed by atoms with Crippen LogP contribution in [0.1, 0.15) is 23.0 Å². The Morgan fingerprint density at radius 3 is 2.56 bits per heavy atom. The van der Waals surface area contributed by atoms with Crippen LogP contribution in [-0.2, 0) is 16.1 Å². The van der Waals surface area contributed by atoms with Gasteiger partial charge in [-0.1, -0.05) is 30.3 Å². The number of amides is 1. The number of esters is 1. The van der Waals surface area contributed by atoms with Crippen LogP contribution in [0.15, 0.2) is 59.2 Å². The Bertz CT molecular complexity index is 937. The van der Waals surface area contributed by atoms with Crippen molar-refractivity contribution < 1.29 is 23.5 Å². The van der Waals surface area contributed by atoms with Gasteiger partial charge in [-0.15, -0.1) is 0 Å². The summed E-state index contributed by atoms with van der Waals surface area (Å²) in [6, 6.07) is 14.4. The lowest BCUT2D eigenvalue weighted by atomic mass is 10.2. The van der Waals surface area contributed by atoms with Crippen LogP contribution < -0.4 is 10.1 Å². The molecule has 0 saturated heterocycles. The first-order valence-electron chi connectivity index (χ1n) is 8.20. The molecule has 0 saturated carbocycles. The minimum atomic E-state index is -0.682. The van der Waals surface area contributed by atoms with Gasteiger partial charge in [-0.3, -0.25) is 4.79 Å². The van der Waals surface area contributed by atoms with Crippen molar-refractivity contribution in [2.75, 3.05) is 12.4 Å². The number of carbonyl (C=O) groups is 2. The third-order valence-electron chi connectivity index (χ3n) is 3.66. The molecule has 138 valence electrons. The van der Waals surface area contributed by atoms with E-state index in [-0.39, 0.29) is 24.0 Å². The topological polar surface area (TPSA) is 90.7 Å². The maximum absolute atomic E-state index is 12.3. The third-order valence-corrected chi connectivity index (χ3v) is 3.66. The van der Waals surface area contributed by atoms with E-state index in [9.17, 15) is 9.59 Å². The van der Waals surface area contributed by atoms with E-state index in [1.54, 1.807) is 18.2 Å². The van der Waals surface area contributed by atoms with Gasteiger partial charge in [0.25, 0.3) is 0 Å². The highest BCUT2D eigenvalue weighted by molar-refractivity contribution is 5.97. The molecule has 0 atom stereocenters. The second kappa shape index (κ2) is 8.18. The van der Waals surface area contributed by atoms with Crippen molar-refractivity contribution in [1.82, 2.24) is 4.98 Å². The molecule has 1 aromatic carbocycles. The summed E-state index contributed by atoms with van der Waals surface area (Å²) < 4.78 is 16.0. The molecule has 7 heteroatoms. The first-order valence-corrected chi connectivity index (χ1v) is 8.20. The van der Waals surface area contributed by atoms with Crippen molar-refractivity contribution in [3.8, 4) is 17.2 Å². The molecule has 0 spiro atoms. The van der Waals surface area contributed by atoms with Gasteiger partial charge in [0.05, 0.1) is 19.1 Å². The van der Waals surface area contributed by atoms with E-state index in [0.717, 1.165) is 5.56 Å². The molecule has 0 aliphatic heterocycles. The lowest BCUT2D eigenvalue weighted by Crippen LogP contribution is -2.14. The van der Waals surface area contributed by atoms with Crippen molar-refractivity contribution >= 4 is 17.6 Å². The normalized spacial score (nSPS) is 10.3. The number of pyridine rings is 1. The van der Waals surface area contributed by atoms with Crippen molar-refractivity contribution in [3.05, 3.63) is 66.1 Å². The summed E-state index contributed by atoms with van der Waals surface area (Å²) in [7, 11) is 1.25. The van der Waals surface area contributed by atoms with E-state index in [4.69, 9.17) is 13.9 Å². The molecular weight excluding hydrogens is 348 g/mol. The van der Waals surface area contributed by atoms with Crippen molar-refractivity contribution in [2.24, 2.45) is 0 Å². The largest absolute Gasteiger partial charge is 0.484 e. The van der Waals surface area contributed by atoms with Gasteiger partial charge in [0, 0.05) is 6.92 Å². The Hall–Kier alpha value is -3.61. The van der Waals surface area contributed by atoms with Gasteiger partial charge in [0.15, 0.2) is 17.2 Å². The molecule has 1 amide bonds. The number of furan rings is 1. The Morgan fingerprint density at radius 2 is 1.93 bits per heavy atom. The van der Waals surface area contributed by atoms with Crippen LogP contribution in [0.4, 0.5) is 5.69 Å². The Balaban J connectivity index is 2.06. The Labute approximate surface area is 155 Å². The maximum atomic E-state index is 12.3. The fraction of sp³-hybridized carbons (Fsp3) is 0.150. The highest BCUT2D eigenvalue weighted by Crippen LogP contribution is 2.34. The zero-order chi connectivity index (χ0) is 19.2. The van der Waals surface area contributed by atoms with E-state index < -0.39 is 5.97 Å². The number of hydrogen-bond acceptors (Lipinski definition) is 6. The lowest BCUT2D eigenvalue weighted by molar-refractivity contribution is -0.114. The number of rotatable bonds is 6. The van der Waals surface area contributed by atoms with Crippen LogP contribution in [0.2, 0.25) is 0 Å². The number of carbonyl (C=O) groups excluding carboxylic acids is 2. The molecule has 0 aliphatic rings. The van der Waals surface area contributed by atoms with Gasteiger partial charge in [-0.2, -0.15) is 0 Å². The van der Waals surface area contributed by atoms with Crippen LogP contribution in [-0.4, -0.2) is 24.0 Å². The van der Waals surface area contributed by atoms with E-state index in [1.165, 1.54) is 20.3 Å². The van der Waals surface area contributed by atoms with E-state index in [0.29, 0.717) is 17.1 Å². The summed E-state index contributed by atoms with van der Waals surface area (Å²) in [5.41, 5.74) is 1.53. The Morgan fingerprint density at radius 1 is 1.15 bits per heavy atom. The molecule has 0 bridgehead atoms. The second-order valence-corrected chi connectivity index (χ2v) is 5.66. The Kier molecular flexibility index (Phi) is 5.51. The summed E-state index contributed by atoms with van der Waals surface area (Å²) in [6.45, 7) is 1.56. The summed E-state index contributed by atoms with van der Waals surface area (Å²) >= 11 is 0. The molecule has 2 heterocycles. The number of ether oxygens (including phenoxy) is 2. The number of benzene rings is 1. The minimum Gasteiger partial charge on any atom is -0.484 e. The number of nitrogens with zero attached hydrogens (tertiary/aromatic N) is 1. The molecule has 7 nitrogen and oxygen atoms in total. The van der Waals surface area contributed by atoms with Gasteiger partial charge in [-0.05, 0) is 23.8 Å². The van der Waals surface area contributed by atoms with Crippen molar-refractivity contribution in [3.63, 3.8) is 0 Å². The summed E-state index contributed by atoms with van der Waals surface area (Å²) in [4.78, 5) is 28.3. The minimum absolute atomic E-state index is 0.0499. The molecule has 0 unspecified atom stereocenters. The fourth-order valence-electron chi connectivity index (χ4n) is 2.48. The fourth-order valence-corrected chi connectivity index (χ4v) is 2.48. The number of aromatic nitrogens is 1. The quantitative estimate of drug-likeness (QED) is 0.670. The first kappa shape index (κ1) is 18.2. The zero-order valence-corrected chi connectivity index (χ0v) is 14.9. The highest BCUT2D eigenvalue weighted by Gasteiger charge is 2.23. The predicted octanol–water partition coefficient (Wildman–Crippen LogP) is 3.67. The number of methoxy groups -OCH3 is 1. The average molecular weight is 366 g/mol. The van der Waals surface area contributed by atoms with Crippen LogP contribution in [0.3, 0.4) is 0 Å². The molecule has 3 aromatic rings. The molecule has 0 radical (unpaired) electrons. The smallest absolute Gasteiger partial charge is 0.360 e. The highest BCUT2D eigenvalue weighted by atomic mass is 16.5. The first-order chi connectivity index (χ1) is 13.1. The monoisotopic (exact) mass is 366 g/mol. The predicted molar refractivity (Wildman–Crippen MR) is 98.4 cm³/mol. The number of nitrogens with one attached hydrogen (secondary N) is 1. The SMILES string of the molecule is COC(=O)c1nc(-c2ccco2)cc(NC(C)=O)c1OCc1ccccc1. The van der Waals surface area contributed by atoms with Crippen LogP contribution in [0, 0.1) is 0 Å². The third kappa shape index (κ3) is 4.33. The van der Waals surface area contributed by atoms with Crippen LogP contribution in [0.25, 0.3) is 11.5 Å². The standard InChI is InChI=1S/C20H18N2O5/c1-13(23)21-16-11-15(17-9-6-10-26-17)22-18(20(24)25-2)19(16)27-12-14-7-4-3-5-8-14/h3-11H,12H2,1-2H3,(H,21,22,23). The molecule has 2 aromatic heterocycles. The molecule has 1 N–H and O–H groups in total. The molecule has 0 fully saturated rings. The van der Waals surface area contributed by atoms with Crippen LogP contribution in [0.5, 0.6) is 5.75 Å². The number of hydrogen-bond donors (Lipinski definition) is 1. The van der Waals surface area contributed by atoms with Crippen molar-refractivity contribution in [2.45, 2.75) is 13.5 Å². The van der Waals surface area contributed by atoms with E-state index in [2.05, 4.69) is 10.3 Å². The average Bonchev–Trinajstić information content (AvgIpc) is 3.21. The summed E-state index contributed by atoms with van der Waals surface area (Å²) in [5, 5.41) is 2.68. The molecule has 3 rings (SSSR count). The number of anilines is 1. The molecular formula is C20H18N2O5. The zero-order valence-electron chi connectivity index (χ0n) is 14.9.